The molecule has 0 spiro atoms. The van der Waals surface area contributed by atoms with Gasteiger partial charge in [0.1, 0.15) is 0 Å². The Bertz CT molecular complexity index is 162. The average Bonchev–Trinajstić information content (AvgIpc) is 2.29. The lowest BCUT2D eigenvalue weighted by atomic mass is 9.96. The average molecular weight is 196 g/mol. The molecule has 1 saturated carbocycles. The smallest absolute Gasteiger partial charge is 0.0854 e. The molecule has 1 aliphatic carbocycles. The van der Waals surface area contributed by atoms with Crippen molar-refractivity contribution in [1.82, 2.24) is 4.90 Å². The second kappa shape index (κ2) is 5.35. The predicted molar refractivity (Wildman–Crippen MR) is 57.8 cm³/mol. The van der Waals surface area contributed by atoms with Crippen molar-refractivity contribution in [2.24, 2.45) is 4.99 Å². The van der Waals surface area contributed by atoms with Crippen molar-refractivity contribution in [2.75, 3.05) is 26.3 Å². The number of ether oxygens (including phenoxy) is 1. The van der Waals surface area contributed by atoms with Crippen LogP contribution in [0.3, 0.4) is 0 Å². The van der Waals surface area contributed by atoms with E-state index in [2.05, 4.69) is 16.2 Å². The van der Waals surface area contributed by atoms with Gasteiger partial charge in [0.25, 0.3) is 0 Å². The van der Waals surface area contributed by atoms with Crippen LogP contribution in [0.1, 0.15) is 32.1 Å². The van der Waals surface area contributed by atoms with Crippen molar-refractivity contribution >= 4 is 6.34 Å². The molecular formula is C11H20N2O. The van der Waals surface area contributed by atoms with Gasteiger partial charge in [-0.25, -0.2) is 0 Å². The number of hydrogen-bond donors (Lipinski definition) is 0. The standard InChI is InChI=1S/C11H20N2O/c1-2-4-11(5-3-1)12-10-13-6-8-14-9-7-13/h10-11H,1-9H2. The normalized spacial score (nSPS) is 25.9. The van der Waals surface area contributed by atoms with Gasteiger partial charge >= 0.3 is 0 Å². The summed E-state index contributed by atoms with van der Waals surface area (Å²) < 4.78 is 5.29. The van der Waals surface area contributed by atoms with E-state index in [0.29, 0.717) is 6.04 Å². The molecule has 3 nitrogen and oxygen atoms in total. The first kappa shape index (κ1) is 9.97. The third-order valence-electron chi connectivity index (χ3n) is 3.06. The first-order valence-electron chi connectivity index (χ1n) is 5.80. The maximum atomic E-state index is 5.29. The summed E-state index contributed by atoms with van der Waals surface area (Å²) in [6.45, 7) is 3.74. The summed E-state index contributed by atoms with van der Waals surface area (Å²) in [4.78, 5) is 6.93. The molecule has 0 N–H and O–H groups in total. The second-order valence-electron chi connectivity index (χ2n) is 4.20. The van der Waals surface area contributed by atoms with Crippen molar-refractivity contribution in [2.45, 2.75) is 38.1 Å². The Balaban J connectivity index is 1.73. The topological polar surface area (TPSA) is 24.8 Å². The summed E-state index contributed by atoms with van der Waals surface area (Å²) in [5.41, 5.74) is 0. The first-order chi connectivity index (χ1) is 6.95. The molecule has 80 valence electrons. The number of hydrogen-bond acceptors (Lipinski definition) is 2. The minimum Gasteiger partial charge on any atom is -0.378 e. The maximum absolute atomic E-state index is 5.29. The van der Waals surface area contributed by atoms with Gasteiger partial charge in [0.2, 0.25) is 0 Å². The van der Waals surface area contributed by atoms with Crippen molar-refractivity contribution in [1.29, 1.82) is 0 Å². The summed E-state index contributed by atoms with van der Waals surface area (Å²) in [7, 11) is 0. The highest BCUT2D eigenvalue weighted by Crippen LogP contribution is 2.19. The molecule has 1 aliphatic heterocycles. The van der Waals surface area contributed by atoms with Gasteiger partial charge in [0.05, 0.1) is 25.6 Å². The van der Waals surface area contributed by atoms with Gasteiger partial charge in [-0.1, -0.05) is 19.3 Å². The molecule has 0 radical (unpaired) electrons. The van der Waals surface area contributed by atoms with Crippen LogP contribution < -0.4 is 0 Å². The van der Waals surface area contributed by atoms with E-state index in [4.69, 9.17) is 4.74 Å². The van der Waals surface area contributed by atoms with E-state index in [1.807, 2.05) is 0 Å². The zero-order chi connectivity index (χ0) is 9.64. The predicted octanol–water partition coefficient (Wildman–Crippen LogP) is 1.68. The molecule has 2 rings (SSSR count). The Morgan fingerprint density at radius 3 is 2.50 bits per heavy atom. The van der Waals surface area contributed by atoms with Crippen molar-refractivity contribution < 1.29 is 4.74 Å². The summed E-state index contributed by atoms with van der Waals surface area (Å²) >= 11 is 0. The Morgan fingerprint density at radius 1 is 1.07 bits per heavy atom. The van der Waals surface area contributed by atoms with E-state index in [1.165, 1.54) is 32.1 Å². The van der Waals surface area contributed by atoms with Crippen LogP contribution in [-0.4, -0.2) is 43.6 Å². The SMILES string of the molecule is C(=NC1CCCCC1)N1CCOCC1. The molecular weight excluding hydrogens is 176 g/mol. The summed E-state index contributed by atoms with van der Waals surface area (Å²) in [5.74, 6) is 0. The van der Waals surface area contributed by atoms with Crippen LogP contribution in [0.5, 0.6) is 0 Å². The van der Waals surface area contributed by atoms with E-state index < -0.39 is 0 Å². The second-order valence-corrected chi connectivity index (χ2v) is 4.20. The number of aliphatic imine (C=N–C) groups is 1. The lowest BCUT2D eigenvalue weighted by molar-refractivity contribution is 0.0698. The van der Waals surface area contributed by atoms with E-state index in [-0.39, 0.29) is 0 Å². The zero-order valence-electron chi connectivity index (χ0n) is 8.82. The summed E-state index contributed by atoms with van der Waals surface area (Å²) in [6, 6.07) is 0.603. The molecule has 0 atom stereocenters. The molecule has 3 heteroatoms. The fourth-order valence-electron chi connectivity index (χ4n) is 2.11. The van der Waals surface area contributed by atoms with E-state index in [1.54, 1.807) is 0 Å². The lowest BCUT2D eigenvalue weighted by Gasteiger charge is -2.25. The van der Waals surface area contributed by atoms with Crippen molar-refractivity contribution in [3.05, 3.63) is 0 Å². The van der Waals surface area contributed by atoms with Crippen LogP contribution >= 0.6 is 0 Å². The van der Waals surface area contributed by atoms with Crippen LogP contribution in [0, 0.1) is 0 Å². The largest absolute Gasteiger partial charge is 0.378 e. The van der Waals surface area contributed by atoms with E-state index in [0.717, 1.165) is 26.3 Å². The first-order valence-corrected chi connectivity index (χ1v) is 5.80. The Morgan fingerprint density at radius 2 is 1.79 bits per heavy atom. The highest BCUT2D eigenvalue weighted by atomic mass is 16.5. The van der Waals surface area contributed by atoms with Crippen molar-refractivity contribution in [3.63, 3.8) is 0 Å². The van der Waals surface area contributed by atoms with Gasteiger partial charge in [-0.15, -0.1) is 0 Å². The third kappa shape index (κ3) is 2.98. The van der Waals surface area contributed by atoms with Crippen LogP contribution in [0.25, 0.3) is 0 Å². The quantitative estimate of drug-likeness (QED) is 0.496. The molecule has 0 bridgehead atoms. The maximum Gasteiger partial charge on any atom is 0.0854 e. The van der Waals surface area contributed by atoms with Gasteiger partial charge in [0, 0.05) is 13.1 Å². The lowest BCUT2D eigenvalue weighted by Crippen LogP contribution is -2.35. The van der Waals surface area contributed by atoms with Gasteiger partial charge in [0.15, 0.2) is 0 Å². The Labute approximate surface area is 86.1 Å². The minimum absolute atomic E-state index is 0.603. The molecule has 0 aromatic rings. The Hall–Kier alpha value is -0.570. The monoisotopic (exact) mass is 196 g/mol. The van der Waals surface area contributed by atoms with Gasteiger partial charge in [-0.05, 0) is 12.8 Å². The fraction of sp³-hybridized carbons (Fsp3) is 0.909. The number of morpholine rings is 1. The molecule has 2 fully saturated rings. The van der Waals surface area contributed by atoms with Gasteiger partial charge in [-0.2, -0.15) is 0 Å². The summed E-state index contributed by atoms with van der Waals surface area (Å²) in [5, 5.41) is 0. The number of rotatable bonds is 2. The van der Waals surface area contributed by atoms with E-state index in [9.17, 15) is 0 Å². The third-order valence-corrected chi connectivity index (χ3v) is 3.06. The molecule has 2 aliphatic rings. The molecule has 0 aromatic carbocycles. The van der Waals surface area contributed by atoms with Crippen molar-refractivity contribution in [3.8, 4) is 0 Å². The van der Waals surface area contributed by atoms with Crippen LogP contribution in [0.2, 0.25) is 0 Å². The molecule has 0 unspecified atom stereocenters. The van der Waals surface area contributed by atoms with Crippen LogP contribution in [-0.2, 0) is 4.74 Å². The van der Waals surface area contributed by atoms with Crippen LogP contribution in [0.4, 0.5) is 0 Å². The molecule has 0 amide bonds. The Kier molecular flexibility index (Phi) is 3.80. The molecule has 14 heavy (non-hydrogen) atoms. The van der Waals surface area contributed by atoms with Crippen LogP contribution in [0.15, 0.2) is 4.99 Å². The minimum atomic E-state index is 0.603. The highest BCUT2D eigenvalue weighted by Gasteiger charge is 2.12. The van der Waals surface area contributed by atoms with Gasteiger partial charge in [-0.3, -0.25) is 4.99 Å². The zero-order valence-corrected chi connectivity index (χ0v) is 8.82. The fourth-order valence-corrected chi connectivity index (χ4v) is 2.11. The van der Waals surface area contributed by atoms with E-state index >= 15 is 0 Å². The molecule has 1 saturated heterocycles. The highest BCUT2D eigenvalue weighted by molar-refractivity contribution is 5.55. The summed E-state index contributed by atoms with van der Waals surface area (Å²) in [6.07, 6.45) is 8.78. The van der Waals surface area contributed by atoms with Gasteiger partial charge < -0.3 is 9.64 Å². The molecule has 1 heterocycles. The molecule has 0 aromatic heterocycles. The number of nitrogens with zero attached hydrogens (tertiary/aromatic N) is 2.